The second kappa shape index (κ2) is 4.60. The first-order valence-corrected chi connectivity index (χ1v) is 6.72. The van der Waals surface area contributed by atoms with Crippen molar-refractivity contribution in [2.45, 2.75) is 43.7 Å². The lowest BCUT2D eigenvalue weighted by Crippen LogP contribution is -2.37. The van der Waals surface area contributed by atoms with Gasteiger partial charge in [0.15, 0.2) is 0 Å². The molecular formula is C15H19ClN2. The molecule has 2 fully saturated rings. The predicted molar refractivity (Wildman–Crippen MR) is 77.5 cm³/mol. The van der Waals surface area contributed by atoms with Crippen LogP contribution in [0.3, 0.4) is 0 Å². The minimum atomic E-state index is 0. The summed E-state index contributed by atoms with van der Waals surface area (Å²) >= 11 is 0. The molecule has 2 aromatic rings. The van der Waals surface area contributed by atoms with Crippen molar-refractivity contribution in [3.63, 3.8) is 0 Å². The number of para-hydroxylation sites is 1. The summed E-state index contributed by atoms with van der Waals surface area (Å²) in [4.78, 5) is 3.42. The lowest BCUT2D eigenvalue weighted by Gasteiger charge is -2.29. The van der Waals surface area contributed by atoms with Crippen molar-refractivity contribution in [2.24, 2.45) is 0 Å². The number of piperidine rings is 1. The highest BCUT2D eigenvalue weighted by Crippen LogP contribution is 2.39. The smallest absolute Gasteiger partial charge is 0.0456 e. The van der Waals surface area contributed by atoms with Crippen LogP contribution in [0.4, 0.5) is 0 Å². The van der Waals surface area contributed by atoms with Gasteiger partial charge in [-0.05, 0) is 43.2 Å². The molecule has 2 saturated heterocycles. The van der Waals surface area contributed by atoms with E-state index in [9.17, 15) is 0 Å². The summed E-state index contributed by atoms with van der Waals surface area (Å²) in [7, 11) is 0. The number of nitrogens with one attached hydrogen (secondary N) is 2. The van der Waals surface area contributed by atoms with Crippen LogP contribution in [-0.2, 0) is 0 Å². The van der Waals surface area contributed by atoms with Crippen molar-refractivity contribution in [3.8, 4) is 0 Å². The molecule has 2 aliphatic heterocycles. The molecule has 0 spiro atoms. The SMILES string of the molecule is Cl.c1ccc2c(C3CC4CCC(C3)N4)c[nH]c2c1. The van der Waals surface area contributed by atoms with Crippen LogP contribution in [0, 0.1) is 0 Å². The van der Waals surface area contributed by atoms with E-state index in [2.05, 4.69) is 40.8 Å². The summed E-state index contributed by atoms with van der Waals surface area (Å²) in [5.41, 5.74) is 2.83. The van der Waals surface area contributed by atoms with Gasteiger partial charge in [0, 0.05) is 29.2 Å². The van der Waals surface area contributed by atoms with Crippen LogP contribution in [0.5, 0.6) is 0 Å². The van der Waals surface area contributed by atoms with E-state index in [0.717, 1.165) is 18.0 Å². The van der Waals surface area contributed by atoms with Crippen LogP contribution < -0.4 is 5.32 Å². The molecule has 18 heavy (non-hydrogen) atoms. The number of halogens is 1. The van der Waals surface area contributed by atoms with Crippen LogP contribution >= 0.6 is 12.4 Å². The molecule has 1 aromatic heterocycles. The molecule has 0 radical (unpaired) electrons. The second-order valence-electron chi connectivity index (χ2n) is 5.60. The number of fused-ring (bicyclic) bond motifs is 3. The third-order valence-corrected chi connectivity index (χ3v) is 4.53. The molecule has 4 rings (SSSR count). The molecule has 2 unspecified atom stereocenters. The lowest BCUT2D eigenvalue weighted by atomic mass is 9.86. The number of hydrogen-bond acceptors (Lipinski definition) is 1. The van der Waals surface area contributed by atoms with Gasteiger partial charge in [-0.25, -0.2) is 0 Å². The zero-order valence-corrected chi connectivity index (χ0v) is 11.2. The monoisotopic (exact) mass is 262 g/mol. The molecule has 0 amide bonds. The van der Waals surface area contributed by atoms with Crippen LogP contribution in [-0.4, -0.2) is 17.1 Å². The maximum absolute atomic E-state index is 3.72. The number of aromatic nitrogens is 1. The first-order chi connectivity index (χ1) is 8.40. The first kappa shape index (κ1) is 12.1. The highest BCUT2D eigenvalue weighted by atomic mass is 35.5. The zero-order chi connectivity index (χ0) is 11.2. The van der Waals surface area contributed by atoms with Crippen molar-refractivity contribution in [1.82, 2.24) is 10.3 Å². The van der Waals surface area contributed by atoms with Crippen LogP contribution in [0.15, 0.2) is 30.5 Å². The Hall–Kier alpha value is -0.990. The van der Waals surface area contributed by atoms with Gasteiger partial charge in [0.05, 0.1) is 0 Å². The number of rotatable bonds is 1. The van der Waals surface area contributed by atoms with Crippen LogP contribution in [0.25, 0.3) is 10.9 Å². The summed E-state index contributed by atoms with van der Waals surface area (Å²) in [6.07, 6.45) is 7.63. The highest BCUT2D eigenvalue weighted by Gasteiger charge is 2.34. The molecule has 3 heterocycles. The Morgan fingerprint density at radius 1 is 1.00 bits per heavy atom. The Balaban J connectivity index is 0.000001000. The number of benzene rings is 1. The normalized spacial score (nSPS) is 30.3. The Labute approximate surface area is 114 Å². The molecule has 2 N–H and O–H groups in total. The molecule has 2 nitrogen and oxygen atoms in total. The summed E-state index contributed by atoms with van der Waals surface area (Å²) in [6, 6.07) is 10.2. The van der Waals surface area contributed by atoms with Gasteiger partial charge >= 0.3 is 0 Å². The van der Waals surface area contributed by atoms with Gasteiger partial charge in [-0.15, -0.1) is 12.4 Å². The van der Waals surface area contributed by atoms with Gasteiger partial charge in [0.1, 0.15) is 0 Å². The van der Waals surface area contributed by atoms with Crippen LogP contribution in [0.2, 0.25) is 0 Å². The van der Waals surface area contributed by atoms with Crippen LogP contribution in [0.1, 0.15) is 37.2 Å². The van der Waals surface area contributed by atoms with E-state index >= 15 is 0 Å². The third-order valence-electron chi connectivity index (χ3n) is 4.53. The lowest BCUT2D eigenvalue weighted by molar-refractivity contribution is 0.364. The fourth-order valence-corrected chi connectivity index (χ4v) is 3.74. The molecule has 2 bridgehead atoms. The largest absolute Gasteiger partial charge is 0.361 e. The maximum atomic E-state index is 3.72. The summed E-state index contributed by atoms with van der Waals surface area (Å²) < 4.78 is 0. The summed E-state index contributed by atoms with van der Waals surface area (Å²) in [6.45, 7) is 0. The maximum Gasteiger partial charge on any atom is 0.0456 e. The van der Waals surface area contributed by atoms with Crippen molar-refractivity contribution in [2.75, 3.05) is 0 Å². The van der Waals surface area contributed by atoms with E-state index in [1.165, 1.54) is 36.6 Å². The Kier molecular flexibility index (Phi) is 3.08. The third kappa shape index (κ3) is 1.84. The quantitative estimate of drug-likeness (QED) is 0.808. The second-order valence-corrected chi connectivity index (χ2v) is 5.60. The number of aromatic amines is 1. The molecule has 0 aliphatic carbocycles. The van der Waals surface area contributed by atoms with E-state index in [4.69, 9.17) is 0 Å². The standard InChI is InChI=1S/C15H18N2.ClH/c1-2-4-15-13(3-1)14(9-16-15)10-7-11-5-6-12(8-10)17-11;/h1-4,9-12,16-17H,5-8H2;1H. The van der Waals surface area contributed by atoms with Crippen molar-refractivity contribution in [3.05, 3.63) is 36.0 Å². The minimum Gasteiger partial charge on any atom is -0.361 e. The van der Waals surface area contributed by atoms with E-state index in [1.807, 2.05) is 0 Å². The Bertz CT molecular complexity index is 536. The molecule has 0 saturated carbocycles. The zero-order valence-electron chi connectivity index (χ0n) is 10.4. The van der Waals surface area contributed by atoms with Gasteiger partial charge in [0.25, 0.3) is 0 Å². The van der Waals surface area contributed by atoms with Gasteiger partial charge < -0.3 is 10.3 Å². The first-order valence-electron chi connectivity index (χ1n) is 6.72. The minimum absolute atomic E-state index is 0. The van der Waals surface area contributed by atoms with Gasteiger partial charge in [-0.3, -0.25) is 0 Å². The summed E-state index contributed by atoms with van der Waals surface area (Å²) in [5, 5.41) is 5.15. The molecule has 96 valence electrons. The summed E-state index contributed by atoms with van der Waals surface area (Å²) in [5.74, 6) is 0.755. The molecule has 2 aliphatic rings. The average Bonchev–Trinajstić information content (AvgIpc) is 2.93. The number of H-pyrrole nitrogens is 1. The van der Waals surface area contributed by atoms with E-state index in [0.29, 0.717) is 0 Å². The predicted octanol–water partition coefficient (Wildman–Crippen LogP) is 3.59. The molecule has 2 atom stereocenters. The van der Waals surface area contributed by atoms with E-state index in [1.54, 1.807) is 5.56 Å². The Morgan fingerprint density at radius 3 is 2.50 bits per heavy atom. The number of hydrogen-bond donors (Lipinski definition) is 2. The van der Waals surface area contributed by atoms with E-state index < -0.39 is 0 Å². The van der Waals surface area contributed by atoms with Gasteiger partial charge in [0.2, 0.25) is 0 Å². The Morgan fingerprint density at radius 2 is 1.72 bits per heavy atom. The van der Waals surface area contributed by atoms with Crippen molar-refractivity contribution >= 4 is 23.3 Å². The van der Waals surface area contributed by atoms with Crippen molar-refractivity contribution in [1.29, 1.82) is 0 Å². The fraction of sp³-hybridized carbons (Fsp3) is 0.467. The fourth-order valence-electron chi connectivity index (χ4n) is 3.74. The molecule has 1 aromatic carbocycles. The average molecular weight is 263 g/mol. The molecular weight excluding hydrogens is 244 g/mol. The highest BCUT2D eigenvalue weighted by molar-refractivity contribution is 5.85. The van der Waals surface area contributed by atoms with Gasteiger partial charge in [-0.2, -0.15) is 0 Å². The molecule has 3 heteroatoms. The van der Waals surface area contributed by atoms with E-state index in [-0.39, 0.29) is 12.4 Å². The van der Waals surface area contributed by atoms with Gasteiger partial charge in [-0.1, -0.05) is 18.2 Å². The topological polar surface area (TPSA) is 27.8 Å². The van der Waals surface area contributed by atoms with Crippen molar-refractivity contribution < 1.29 is 0 Å².